The van der Waals surface area contributed by atoms with E-state index in [1.807, 2.05) is 24.3 Å². The van der Waals surface area contributed by atoms with Crippen molar-refractivity contribution in [1.82, 2.24) is 4.98 Å². The quantitative estimate of drug-likeness (QED) is 0.890. The van der Waals surface area contributed by atoms with E-state index in [0.29, 0.717) is 5.69 Å². The van der Waals surface area contributed by atoms with Crippen molar-refractivity contribution in [3.05, 3.63) is 53.3 Å². The molecule has 2 rings (SSSR count). The lowest BCUT2D eigenvalue weighted by atomic mass is 10.3. The van der Waals surface area contributed by atoms with Crippen LogP contribution in [0.15, 0.2) is 53.3 Å². The SMILES string of the molecule is O=C(Nc1ccncc1)Nc1cccc(Br)c1. The minimum atomic E-state index is -0.283. The van der Waals surface area contributed by atoms with Gasteiger partial charge in [0, 0.05) is 28.2 Å². The van der Waals surface area contributed by atoms with Gasteiger partial charge in [0.15, 0.2) is 0 Å². The smallest absolute Gasteiger partial charge is 0.308 e. The largest absolute Gasteiger partial charge is 0.323 e. The van der Waals surface area contributed by atoms with Crippen LogP contribution < -0.4 is 10.6 Å². The molecule has 0 aliphatic heterocycles. The first-order valence-electron chi connectivity index (χ1n) is 4.97. The van der Waals surface area contributed by atoms with Crippen LogP contribution in [0.5, 0.6) is 0 Å². The summed E-state index contributed by atoms with van der Waals surface area (Å²) >= 11 is 3.34. The Morgan fingerprint density at radius 1 is 1.06 bits per heavy atom. The Bertz CT molecular complexity index is 516. The summed E-state index contributed by atoms with van der Waals surface area (Å²) in [7, 11) is 0. The summed E-state index contributed by atoms with van der Waals surface area (Å²) < 4.78 is 0.916. The molecule has 1 heterocycles. The van der Waals surface area contributed by atoms with E-state index in [1.165, 1.54) is 0 Å². The van der Waals surface area contributed by atoms with Crippen LogP contribution in [0.1, 0.15) is 0 Å². The normalized spacial score (nSPS) is 9.71. The highest BCUT2D eigenvalue weighted by Gasteiger charge is 2.02. The third-order valence-corrected chi connectivity index (χ3v) is 2.51. The van der Waals surface area contributed by atoms with E-state index in [9.17, 15) is 4.79 Å². The molecule has 1 aromatic carbocycles. The minimum absolute atomic E-state index is 0.283. The van der Waals surface area contributed by atoms with Crippen molar-refractivity contribution in [2.75, 3.05) is 10.6 Å². The van der Waals surface area contributed by atoms with Gasteiger partial charge in [-0.05, 0) is 30.3 Å². The summed E-state index contributed by atoms with van der Waals surface area (Å²) in [6.45, 7) is 0. The average Bonchev–Trinajstić information content (AvgIpc) is 2.30. The summed E-state index contributed by atoms with van der Waals surface area (Å²) in [6.07, 6.45) is 3.24. The molecule has 2 amide bonds. The Hall–Kier alpha value is -1.88. The molecule has 0 bridgehead atoms. The fourth-order valence-corrected chi connectivity index (χ4v) is 1.69. The zero-order chi connectivity index (χ0) is 12.1. The molecule has 0 atom stereocenters. The minimum Gasteiger partial charge on any atom is -0.308 e. The number of halogens is 1. The number of pyridine rings is 1. The highest BCUT2D eigenvalue weighted by molar-refractivity contribution is 9.10. The number of nitrogens with one attached hydrogen (secondary N) is 2. The lowest BCUT2D eigenvalue weighted by molar-refractivity contribution is 0.262. The number of benzene rings is 1. The van der Waals surface area contributed by atoms with E-state index in [1.54, 1.807) is 24.5 Å². The lowest BCUT2D eigenvalue weighted by Gasteiger charge is -2.07. The topological polar surface area (TPSA) is 54.0 Å². The maximum absolute atomic E-state index is 11.6. The first-order valence-corrected chi connectivity index (χ1v) is 5.77. The second-order valence-corrected chi connectivity index (χ2v) is 4.24. The summed E-state index contributed by atoms with van der Waals surface area (Å²) in [5.41, 5.74) is 1.43. The number of rotatable bonds is 2. The number of carbonyl (C=O) groups excluding carboxylic acids is 1. The lowest BCUT2D eigenvalue weighted by Crippen LogP contribution is -2.19. The Kier molecular flexibility index (Phi) is 3.72. The van der Waals surface area contributed by atoms with E-state index < -0.39 is 0 Å². The molecule has 0 fully saturated rings. The van der Waals surface area contributed by atoms with Crippen molar-refractivity contribution >= 4 is 33.3 Å². The van der Waals surface area contributed by atoms with Crippen LogP contribution in [0.4, 0.5) is 16.2 Å². The van der Waals surface area contributed by atoms with Gasteiger partial charge in [-0.1, -0.05) is 22.0 Å². The number of anilines is 2. The van der Waals surface area contributed by atoms with Crippen molar-refractivity contribution in [3.63, 3.8) is 0 Å². The first kappa shape index (κ1) is 11.6. The Balaban J connectivity index is 1.98. The molecule has 1 aromatic heterocycles. The molecule has 17 heavy (non-hydrogen) atoms. The van der Waals surface area contributed by atoms with Gasteiger partial charge < -0.3 is 10.6 Å². The fourth-order valence-electron chi connectivity index (χ4n) is 1.29. The molecule has 4 nitrogen and oxygen atoms in total. The van der Waals surface area contributed by atoms with Crippen molar-refractivity contribution in [3.8, 4) is 0 Å². The van der Waals surface area contributed by atoms with Crippen LogP contribution in [0.2, 0.25) is 0 Å². The predicted molar refractivity (Wildman–Crippen MR) is 71.0 cm³/mol. The van der Waals surface area contributed by atoms with Gasteiger partial charge in [0.1, 0.15) is 0 Å². The second-order valence-electron chi connectivity index (χ2n) is 3.33. The number of urea groups is 1. The van der Waals surface area contributed by atoms with Gasteiger partial charge >= 0.3 is 6.03 Å². The number of hydrogen-bond acceptors (Lipinski definition) is 2. The Morgan fingerprint density at radius 2 is 1.76 bits per heavy atom. The highest BCUT2D eigenvalue weighted by atomic mass is 79.9. The number of hydrogen-bond donors (Lipinski definition) is 2. The Labute approximate surface area is 107 Å². The van der Waals surface area contributed by atoms with Crippen molar-refractivity contribution < 1.29 is 4.79 Å². The summed E-state index contributed by atoms with van der Waals surface area (Å²) in [5.74, 6) is 0. The van der Waals surface area contributed by atoms with Crippen LogP contribution in [0.25, 0.3) is 0 Å². The molecule has 2 N–H and O–H groups in total. The zero-order valence-electron chi connectivity index (χ0n) is 8.85. The highest BCUT2D eigenvalue weighted by Crippen LogP contribution is 2.15. The summed E-state index contributed by atoms with van der Waals surface area (Å²) in [6, 6.07) is 10.6. The van der Waals surface area contributed by atoms with E-state index in [2.05, 4.69) is 31.5 Å². The van der Waals surface area contributed by atoms with E-state index in [0.717, 1.165) is 10.2 Å². The molecule has 0 saturated heterocycles. The van der Waals surface area contributed by atoms with Crippen LogP contribution in [0.3, 0.4) is 0 Å². The average molecular weight is 292 g/mol. The van der Waals surface area contributed by atoms with Gasteiger partial charge in [0.2, 0.25) is 0 Å². The molecule has 86 valence electrons. The Morgan fingerprint density at radius 3 is 2.47 bits per heavy atom. The van der Waals surface area contributed by atoms with Gasteiger partial charge in [0.05, 0.1) is 0 Å². The molecule has 0 radical (unpaired) electrons. The van der Waals surface area contributed by atoms with Crippen LogP contribution >= 0.6 is 15.9 Å². The molecule has 0 unspecified atom stereocenters. The van der Waals surface area contributed by atoms with E-state index in [-0.39, 0.29) is 6.03 Å². The van der Waals surface area contributed by atoms with Crippen molar-refractivity contribution in [2.45, 2.75) is 0 Å². The van der Waals surface area contributed by atoms with Gasteiger partial charge in [-0.15, -0.1) is 0 Å². The second kappa shape index (κ2) is 5.45. The van der Waals surface area contributed by atoms with Crippen molar-refractivity contribution in [1.29, 1.82) is 0 Å². The zero-order valence-corrected chi connectivity index (χ0v) is 10.4. The molecule has 0 aliphatic rings. The number of amides is 2. The van der Waals surface area contributed by atoms with Gasteiger partial charge in [0.25, 0.3) is 0 Å². The molecule has 0 aliphatic carbocycles. The predicted octanol–water partition coefficient (Wildman–Crippen LogP) is 3.49. The maximum atomic E-state index is 11.6. The van der Waals surface area contributed by atoms with Gasteiger partial charge in [-0.2, -0.15) is 0 Å². The molecular weight excluding hydrogens is 282 g/mol. The number of carbonyl (C=O) groups is 1. The summed E-state index contributed by atoms with van der Waals surface area (Å²) in [4.78, 5) is 15.5. The van der Waals surface area contributed by atoms with Gasteiger partial charge in [-0.3, -0.25) is 4.98 Å². The van der Waals surface area contributed by atoms with Crippen LogP contribution in [-0.4, -0.2) is 11.0 Å². The van der Waals surface area contributed by atoms with E-state index in [4.69, 9.17) is 0 Å². The van der Waals surface area contributed by atoms with Crippen LogP contribution in [-0.2, 0) is 0 Å². The molecular formula is C12H10BrN3O. The summed E-state index contributed by atoms with van der Waals surface area (Å²) in [5, 5.41) is 5.44. The maximum Gasteiger partial charge on any atom is 0.323 e. The number of aromatic nitrogens is 1. The molecule has 5 heteroatoms. The molecule has 0 saturated carbocycles. The monoisotopic (exact) mass is 291 g/mol. The first-order chi connectivity index (χ1) is 8.24. The van der Waals surface area contributed by atoms with Gasteiger partial charge in [-0.25, -0.2) is 4.79 Å². The molecule has 0 spiro atoms. The number of nitrogens with zero attached hydrogens (tertiary/aromatic N) is 1. The van der Waals surface area contributed by atoms with Crippen LogP contribution in [0, 0.1) is 0 Å². The third-order valence-electron chi connectivity index (χ3n) is 2.02. The van der Waals surface area contributed by atoms with Crippen molar-refractivity contribution in [2.24, 2.45) is 0 Å². The molecule has 2 aromatic rings. The fraction of sp³-hybridized carbons (Fsp3) is 0. The standard InChI is InChI=1S/C12H10BrN3O/c13-9-2-1-3-11(8-9)16-12(17)15-10-4-6-14-7-5-10/h1-8H,(H2,14,15,16,17). The third kappa shape index (κ3) is 3.57. The van der Waals surface area contributed by atoms with E-state index >= 15 is 0 Å².